The van der Waals surface area contributed by atoms with Crippen molar-refractivity contribution in [2.24, 2.45) is 5.92 Å². The minimum Gasteiger partial charge on any atom is -0.497 e. The Labute approximate surface area is 295 Å². The Hall–Kier alpha value is -1.49. The molecule has 258 valence electrons. The highest BCUT2D eigenvalue weighted by molar-refractivity contribution is 14.1. The van der Waals surface area contributed by atoms with Crippen LogP contribution in [0, 0.1) is 5.92 Å². The molecule has 0 radical (unpaired) electrons. The monoisotopic (exact) mass is 764 g/mol. The topological polar surface area (TPSA) is 46.2 Å². The fraction of sp³-hybridized carbons (Fsp3) is 0.590. The van der Waals surface area contributed by atoms with Gasteiger partial charge < -0.3 is 23.4 Å². The van der Waals surface area contributed by atoms with Crippen molar-refractivity contribution in [3.63, 3.8) is 0 Å². The molecule has 0 spiro atoms. The van der Waals surface area contributed by atoms with Gasteiger partial charge in [-0.3, -0.25) is 0 Å². The maximum atomic E-state index is 6.65. The molecular formula is C39H61IO5Si. The third-order valence-electron chi connectivity index (χ3n) is 8.92. The van der Waals surface area contributed by atoms with Crippen LogP contribution >= 0.6 is 22.6 Å². The predicted molar refractivity (Wildman–Crippen MR) is 204 cm³/mol. The van der Waals surface area contributed by atoms with Crippen LogP contribution in [0.1, 0.15) is 84.3 Å². The van der Waals surface area contributed by atoms with E-state index in [2.05, 4.69) is 107 Å². The highest BCUT2D eigenvalue weighted by Crippen LogP contribution is 2.37. The summed E-state index contributed by atoms with van der Waals surface area (Å²) in [5.41, 5.74) is 5.12. The van der Waals surface area contributed by atoms with Crippen LogP contribution in [-0.2, 0) is 31.9 Å². The first-order chi connectivity index (χ1) is 21.9. The number of benzene rings is 2. The molecule has 0 fully saturated rings. The van der Waals surface area contributed by atoms with Gasteiger partial charge in [-0.05, 0) is 104 Å². The second-order valence-corrected chi connectivity index (χ2v) is 19.7. The Bertz CT molecular complexity index is 1140. The molecule has 2 atom stereocenters. The Balaban J connectivity index is 2.15. The van der Waals surface area contributed by atoms with Crippen LogP contribution in [-0.4, -0.2) is 46.0 Å². The molecule has 0 aliphatic carbocycles. The van der Waals surface area contributed by atoms with Crippen LogP contribution < -0.4 is 4.74 Å². The summed E-state index contributed by atoms with van der Waals surface area (Å²) in [6.45, 7) is 18.7. The van der Waals surface area contributed by atoms with Gasteiger partial charge >= 0.3 is 0 Å². The zero-order valence-electron chi connectivity index (χ0n) is 29.9. The summed E-state index contributed by atoms with van der Waals surface area (Å²) in [7, 11) is -0.177. The van der Waals surface area contributed by atoms with Gasteiger partial charge in [0.15, 0.2) is 8.32 Å². The first kappa shape index (κ1) is 40.7. The lowest BCUT2D eigenvalue weighted by molar-refractivity contribution is -0.101. The molecule has 46 heavy (non-hydrogen) atoms. The number of ether oxygens (including phenoxy) is 4. The molecule has 2 aromatic carbocycles. The molecule has 0 heterocycles. The summed E-state index contributed by atoms with van der Waals surface area (Å²) in [5, 5.41) is 0.171. The molecule has 2 aromatic rings. The van der Waals surface area contributed by atoms with Crippen molar-refractivity contribution in [2.45, 2.75) is 111 Å². The molecule has 0 saturated heterocycles. The predicted octanol–water partition coefficient (Wildman–Crippen LogP) is 11.1. The number of hydrogen-bond donors (Lipinski definition) is 0. The van der Waals surface area contributed by atoms with Crippen molar-refractivity contribution in [2.75, 3.05) is 31.5 Å². The molecule has 2 rings (SSSR count). The normalized spacial score (nSPS) is 14.4. The smallest absolute Gasteiger partial charge is 0.191 e. The van der Waals surface area contributed by atoms with Gasteiger partial charge in [-0.2, -0.15) is 0 Å². The van der Waals surface area contributed by atoms with Crippen molar-refractivity contribution >= 4 is 30.9 Å². The van der Waals surface area contributed by atoms with E-state index >= 15 is 0 Å². The van der Waals surface area contributed by atoms with Crippen LogP contribution in [0.5, 0.6) is 5.75 Å². The molecule has 0 aliphatic heterocycles. The lowest BCUT2D eigenvalue weighted by Crippen LogP contribution is -2.41. The van der Waals surface area contributed by atoms with Crippen molar-refractivity contribution in [3.05, 3.63) is 89.0 Å². The number of halogens is 1. The van der Waals surface area contributed by atoms with E-state index in [1.54, 1.807) is 7.11 Å². The van der Waals surface area contributed by atoms with Gasteiger partial charge in [0.05, 0.1) is 26.4 Å². The number of alkyl halides is 1. The molecular weight excluding hydrogens is 703 g/mol. The van der Waals surface area contributed by atoms with E-state index in [1.807, 2.05) is 30.3 Å². The second kappa shape index (κ2) is 22.2. The highest BCUT2D eigenvalue weighted by Gasteiger charge is 2.37. The number of hydrogen-bond acceptors (Lipinski definition) is 5. The van der Waals surface area contributed by atoms with Gasteiger partial charge in [-0.25, -0.2) is 0 Å². The average molecular weight is 765 g/mol. The third kappa shape index (κ3) is 16.6. The first-order valence-electron chi connectivity index (χ1n) is 16.9. The van der Waals surface area contributed by atoms with Crippen molar-refractivity contribution < 1.29 is 23.4 Å². The Morgan fingerprint density at radius 3 is 2.15 bits per heavy atom. The lowest BCUT2D eigenvalue weighted by Gasteiger charge is -2.37. The highest BCUT2D eigenvalue weighted by atomic mass is 127. The standard InChI is InChI=1S/C39H61IO5Si/c1-32(16-13-25-40)14-12-15-33(2)28-38(44-31-43-30-34-17-10-9-11-18-34)36(24-27-45-46(7,8)39(3,4)5)23-26-42-29-35-19-21-37(41-6)22-20-35/h9-11,14,17-22,28,36,38H,12-13,15-16,23-27,29-31H2,1-8H3/b32-14+,33-28+/t36-,38+/m0/s1. The zero-order chi connectivity index (χ0) is 33.8. The summed E-state index contributed by atoms with van der Waals surface area (Å²) >= 11 is 2.46. The van der Waals surface area contributed by atoms with E-state index in [0.29, 0.717) is 19.8 Å². The molecule has 7 heteroatoms. The quantitative estimate of drug-likeness (QED) is 0.0282. The Kier molecular flexibility index (Phi) is 19.6. The van der Waals surface area contributed by atoms with Gasteiger partial charge in [-0.1, -0.05) is 109 Å². The van der Waals surface area contributed by atoms with Gasteiger partial charge in [0, 0.05) is 13.2 Å². The summed E-state index contributed by atoms with van der Waals surface area (Å²) in [5.74, 6) is 1.09. The number of methoxy groups -OCH3 is 1. The van der Waals surface area contributed by atoms with Crippen LogP contribution in [0.4, 0.5) is 0 Å². The van der Waals surface area contributed by atoms with Crippen molar-refractivity contribution in [1.82, 2.24) is 0 Å². The second-order valence-electron chi connectivity index (χ2n) is 13.8. The third-order valence-corrected chi connectivity index (χ3v) is 14.2. The first-order valence-corrected chi connectivity index (χ1v) is 21.4. The largest absolute Gasteiger partial charge is 0.497 e. The fourth-order valence-electron chi connectivity index (χ4n) is 4.84. The molecule has 0 aliphatic rings. The summed E-state index contributed by atoms with van der Waals surface area (Å²) < 4.78 is 31.9. The molecule has 0 aromatic heterocycles. The van der Waals surface area contributed by atoms with Crippen LogP contribution in [0.2, 0.25) is 18.1 Å². The van der Waals surface area contributed by atoms with E-state index in [4.69, 9.17) is 23.4 Å². The van der Waals surface area contributed by atoms with E-state index in [1.165, 1.54) is 28.4 Å². The lowest BCUT2D eigenvalue weighted by atomic mass is 9.93. The van der Waals surface area contributed by atoms with Gasteiger partial charge in [0.2, 0.25) is 0 Å². The summed E-state index contributed by atoms with van der Waals surface area (Å²) in [6.07, 6.45) is 10.9. The van der Waals surface area contributed by atoms with E-state index in [9.17, 15) is 0 Å². The number of allylic oxidation sites excluding steroid dienone is 3. The molecule has 0 amide bonds. The van der Waals surface area contributed by atoms with Gasteiger partial charge in [-0.15, -0.1) is 0 Å². The van der Waals surface area contributed by atoms with Crippen LogP contribution in [0.25, 0.3) is 0 Å². The van der Waals surface area contributed by atoms with Crippen LogP contribution in [0.15, 0.2) is 77.9 Å². The minimum atomic E-state index is -1.86. The number of rotatable bonds is 23. The van der Waals surface area contributed by atoms with E-state index in [0.717, 1.165) is 49.2 Å². The zero-order valence-corrected chi connectivity index (χ0v) is 33.1. The van der Waals surface area contributed by atoms with Crippen molar-refractivity contribution in [3.8, 4) is 5.75 Å². The van der Waals surface area contributed by atoms with E-state index < -0.39 is 8.32 Å². The maximum Gasteiger partial charge on any atom is 0.191 e. The summed E-state index contributed by atoms with van der Waals surface area (Å²) in [6, 6.07) is 18.3. The molecule has 5 nitrogen and oxygen atoms in total. The average Bonchev–Trinajstić information content (AvgIpc) is 3.02. The van der Waals surface area contributed by atoms with Gasteiger partial charge in [0.1, 0.15) is 12.5 Å². The van der Waals surface area contributed by atoms with Gasteiger partial charge in [0.25, 0.3) is 0 Å². The van der Waals surface area contributed by atoms with E-state index in [-0.39, 0.29) is 23.9 Å². The van der Waals surface area contributed by atoms with Crippen LogP contribution in [0.3, 0.4) is 0 Å². The maximum absolute atomic E-state index is 6.65. The molecule has 0 N–H and O–H groups in total. The molecule has 0 bridgehead atoms. The fourth-order valence-corrected chi connectivity index (χ4v) is 6.28. The Morgan fingerprint density at radius 2 is 1.50 bits per heavy atom. The summed E-state index contributed by atoms with van der Waals surface area (Å²) in [4.78, 5) is 0. The minimum absolute atomic E-state index is 0.0903. The Morgan fingerprint density at radius 1 is 0.848 bits per heavy atom. The molecule has 0 saturated carbocycles. The molecule has 0 unspecified atom stereocenters. The van der Waals surface area contributed by atoms with Crippen molar-refractivity contribution in [1.29, 1.82) is 0 Å². The SMILES string of the molecule is COc1ccc(COCC[C@@H](CCO[Si](C)(C)C(C)(C)C)[C@@H](/C=C(\C)CC/C=C(\C)CCCI)OCOCc2ccccc2)cc1.